The Hall–Kier alpha value is -1.22. The van der Waals surface area contributed by atoms with E-state index in [2.05, 4.69) is 30.3 Å². The predicted octanol–water partition coefficient (Wildman–Crippen LogP) is 3.28. The monoisotopic (exact) mass is 284 g/mol. The minimum atomic E-state index is 0. The highest BCUT2D eigenvalue weighted by atomic mass is 35.5. The van der Waals surface area contributed by atoms with Crippen LogP contribution in [0.15, 0.2) is 48.5 Å². The predicted molar refractivity (Wildman–Crippen MR) is 83.5 cm³/mol. The normalized spacial score (nSPS) is 9.17. The topological polar surface area (TPSA) is 52.0 Å². The van der Waals surface area contributed by atoms with E-state index in [0.29, 0.717) is 6.54 Å². The molecule has 0 saturated heterocycles. The second-order valence-corrected chi connectivity index (χ2v) is 3.86. The van der Waals surface area contributed by atoms with Crippen molar-refractivity contribution in [1.29, 1.82) is 0 Å². The van der Waals surface area contributed by atoms with E-state index in [1.807, 2.05) is 18.2 Å². The van der Waals surface area contributed by atoms with Crippen LogP contribution >= 0.6 is 24.8 Å². The Morgan fingerprint density at radius 1 is 0.833 bits per heavy atom. The van der Waals surface area contributed by atoms with Gasteiger partial charge in [-0.25, -0.2) is 0 Å². The van der Waals surface area contributed by atoms with E-state index in [9.17, 15) is 0 Å². The van der Waals surface area contributed by atoms with Crippen molar-refractivity contribution in [2.45, 2.75) is 6.42 Å². The minimum absolute atomic E-state index is 0. The zero-order valence-corrected chi connectivity index (χ0v) is 11.6. The van der Waals surface area contributed by atoms with Gasteiger partial charge in [-0.05, 0) is 41.8 Å². The molecular weight excluding hydrogens is 267 g/mol. The van der Waals surface area contributed by atoms with Crippen molar-refractivity contribution in [3.63, 3.8) is 0 Å². The largest absolute Gasteiger partial charge is 0.399 e. The molecule has 0 fully saturated rings. The lowest BCUT2D eigenvalue weighted by molar-refractivity contribution is 0.969. The molecule has 0 unspecified atom stereocenters. The van der Waals surface area contributed by atoms with Crippen LogP contribution < -0.4 is 11.5 Å². The van der Waals surface area contributed by atoms with Crippen molar-refractivity contribution in [3.8, 4) is 11.1 Å². The molecule has 0 atom stereocenters. The van der Waals surface area contributed by atoms with Gasteiger partial charge in [0.2, 0.25) is 0 Å². The van der Waals surface area contributed by atoms with Gasteiger partial charge in [0.05, 0.1) is 0 Å². The van der Waals surface area contributed by atoms with Gasteiger partial charge in [0, 0.05) is 5.69 Å². The number of anilines is 1. The lowest BCUT2D eigenvalue weighted by atomic mass is 10.0. The van der Waals surface area contributed by atoms with E-state index in [1.165, 1.54) is 11.1 Å². The summed E-state index contributed by atoms with van der Waals surface area (Å²) in [4.78, 5) is 0. The van der Waals surface area contributed by atoms with Crippen molar-refractivity contribution in [1.82, 2.24) is 0 Å². The maximum atomic E-state index is 5.77. The molecule has 2 aromatic rings. The van der Waals surface area contributed by atoms with Gasteiger partial charge in [-0.2, -0.15) is 0 Å². The van der Waals surface area contributed by atoms with Gasteiger partial charge in [0.1, 0.15) is 0 Å². The summed E-state index contributed by atoms with van der Waals surface area (Å²) in [5.41, 5.74) is 15.7. The van der Waals surface area contributed by atoms with E-state index < -0.39 is 0 Å². The smallest absolute Gasteiger partial charge is 0.0320 e. The highest BCUT2D eigenvalue weighted by Crippen LogP contribution is 2.22. The third kappa shape index (κ3) is 4.22. The number of rotatable bonds is 3. The summed E-state index contributed by atoms with van der Waals surface area (Å²) in [5, 5.41) is 0. The van der Waals surface area contributed by atoms with Crippen LogP contribution in [-0.4, -0.2) is 6.54 Å². The van der Waals surface area contributed by atoms with Gasteiger partial charge in [-0.3, -0.25) is 0 Å². The average Bonchev–Trinajstić information content (AvgIpc) is 2.30. The SMILES string of the molecule is Cl.Cl.NCCc1cccc(-c2cccc(N)c2)c1. The summed E-state index contributed by atoms with van der Waals surface area (Å²) in [5.74, 6) is 0. The Labute approximate surface area is 120 Å². The van der Waals surface area contributed by atoms with Crippen LogP contribution in [0.25, 0.3) is 11.1 Å². The van der Waals surface area contributed by atoms with Gasteiger partial charge in [-0.15, -0.1) is 24.8 Å². The molecule has 0 saturated carbocycles. The first-order valence-corrected chi connectivity index (χ1v) is 5.44. The molecule has 0 aromatic heterocycles. The molecule has 4 N–H and O–H groups in total. The first kappa shape index (κ1) is 16.8. The summed E-state index contributed by atoms with van der Waals surface area (Å²) in [6, 6.07) is 16.3. The molecule has 2 aromatic carbocycles. The molecule has 98 valence electrons. The first-order valence-electron chi connectivity index (χ1n) is 5.44. The Balaban J connectivity index is 0.00000144. The third-order valence-electron chi connectivity index (χ3n) is 2.58. The van der Waals surface area contributed by atoms with Crippen LogP contribution in [0.2, 0.25) is 0 Å². The summed E-state index contributed by atoms with van der Waals surface area (Å²) >= 11 is 0. The number of nitrogen functional groups attached to an aromatic ring is 1. The molecule has 2 nitrogen and oxygen atoms in total. The summed E-state index contributed by atoms with van der Waals surface area (Å²) < 4.78 is 0. The van der Waals surface area contributed by atoms with Crippen LogP contribution in [0.3, 0.4) is 0 Å². The van der Waals surface area contributed by atoms with Crippen molar-refractivity contribution in [2.24, 2.45) is 5.73 Å². The first-order chi connectivity index (χ1) is 7.79. The maximum Gasteiger partial charge on any atom is 0.0320 e. The molecule has 0 aliphatic heterocycles. The lowest BCUT2D eigenvalue weighted by Crippen LogP contribution is -2.02. The fraction of sp³-hybridized carbons (Fsp3) is 0.143. The van der Waals surface area contributed by atoms with Crippen molar-refractivity contribution in [3.05, 3.63) is 54.1 Å². The van der Waals surface area contributed by atoms with Gasteiger partial charge in [0.25, 0.3) is 0 Å². The highest BCUT2D eigenvalue weighted by Gasteiger charge is 1.99. The maximum absolute atomic E-state index is 5.77. The number of hydrogen-bond acceptors (Lipinski definition) is 2. The lowest BCUT2D eigenvalue weighted by Gasteiger charge is -2.05. The fourth-order valence-corrected chi connectivity index (χ4v) is 1.79. The third-order valence-corrected chi connectivity index (χ3v) is 2.58. The summed E-state index contributed by atoms with van der Waals surface area (Å²) in [7, 11) is 0. The molecule has 4 heteroatoms. The van der Waals surface area contributed by atoms with Gasteiger partial charge >= 0.3 is 0 Å². The Kier molecular flexibility index (Phi) is 7.44. The van der Waals surface area contributed by atoms with Crippen LogP contribution in [0.1, 0.15) is 5.56 Å². The molecule has 0 spiro atoms. The molecule has 0 amide bonds. The number of halogens is 2. The molecule has 0 radical (unpaired) electrons. The molecular formula is C14H18Cl2N2. The second-order valence-electron chi connectivity index (χ2n) is 3.86. The van der Waals surface area contributed by atoms with Crippen LogP contribution in [0.5, 0.6) is 0 Å². The van der Waals surface area contributed by atoms with Crippen LogP contribution in [0, 0.1) is 0 Å². The molecule has 18 heavy (non-hydrogen) atoms. The quantitative estimate of drug-likeness (QED) is 0.850. The fourth-order valence-electron chi connectivity index (χ4n) is 1.79. The molecule has 2 rings (SSSR count). The zero-order chi connectivity index (χ0) is 11.4. The Bertz CT molecular complexity index is 487. The van der Waals surface area contributed by atoms with Crippen molar-refractivity contribution < 1.29 is 0 Å². The van der Waals surface area contributed by atoms with Crippen LogP contribution in [0.4, 0.5) is 5.69 Å². The number of nitrogens with two attached hydrogens (primary N) is 2. The zero-order valence-electron chi connectivity index (χ0n) is 10.0. The molecule has 0 heterocycles. The molecule has 0 aliphatic carbocycles. The van der Waals surface area contributed by atoms with Crippen molar-refractivity contribution >= 4 is 30.5 Å². The standard InChI is InChI=1S/C14H16N2.2ClH/c15-8-7-11-3-1-4-12(9-11)13-5-2-6-14(16)10-13;;/h1-6,9-10H,7-8,15-16H2;2*1H. The van der Waals surface area contributed by atoms with E-state index in [-0.39, 0.29) is 24.8 Å². The van der Waals surface area contributed by atoms with Gasteiger partial charge in [-0.1, -0.05) is 36.4 Å². The number of benzene rings is 2. The van der Waals surface area contributed by atoms with Crippen LogP contribution in [-0.2, 0) is 6.42 Å². The molecule has 0 bridgehead atoms. The Morgan fingerprint density at radius 3 is 2.06 bits per heavy atom. The second kappa shape index (κ2) is 7.98. The Morgan fingerprint density at radius 2 is 1.44 bits per heavy atom. The summed E-state index contributed by atoms with van der Waals surface area (Å²) in [6.45, 7) is 0.681. The van der Waals surface area contributed by atoms with E-state index >= 15 is 0 Å². The molecule has 0 aliphatic rings. The average molecular weight is 285 g/mol. The van der Waals surface area contributed by atoms with E-state index in [0.717, 1.165) is 17.7 Å². The highest BCUT2D eigenvalue weighted by molar-refractivity contribution is 5.85. The van der Waals surface area contributed by atoms with Gasteiger partial charge < -0.3 is 11.5 Å². The van der Waals surface area contributed by atoms with E-state index in [4.69, 9.17) is 11.5 Å². The van der Waals surface area contributed by atoms with E-state index in [1.54, 1.807) is 0 Å². The van der Waals surface area contributed by atoms with Crippen molar-refractivity contribution in [2.75, 3.05) is 12.3 Å². The summed E-state index contributed by atoms with van der Waals surface area (Å²) in [6.07, 6.45) is 0.913. The number of hydrogen-bond donors (Lipinski definition) is 2. The minimum Gasteiger partial charge on any atom is -0.399 e. The van der Waals surface area contributed by atoms with Gasteiger partial charge in [0.15, 0.2) is 0 Å².